The summed E-state index contributed by atoms with van der Waals surface area (Å²) in [5.74, 6) is -0.286. The number of nitrogens with one attached hydrogen (secondary N) is 2. The second kappa shape index (κ2) is 11.3. The number of rotatable bonds is 9. The van der Waals surface area contributed by atoms with Gasteiger partial charge in [0.25, 0.3) is 0 Å². The average Bonchev–Trinajstić information content (AvgIpc) is 2.75. The van der Waals surface area contributed by atoms with E-state index in [0.717, 1.165) is 30.8 Å². The number of hydrogen-bond donors (Lipinski definition) is 2. The SMILES string of the molecule is CCCNCCNC(=O)CCC(=O)c1cc(Cl)sc1Cl.Cl. The zero-order chi connectivity index (χ0) is 15.0. The van der Waals surface area contributed by atoms with Crippen molar-refractivity contribution >= 4 is 58.6 Å². The molecule has 0 aliphatic carbocycles. The lowest BCUT2D eigenvalue weighted by molar-refractivity contribution is -0.121. The summed E-state index contributed by atoms with van der Waals surface area (Å²) < 4.78 is 0.856. The third-order valence-corrected chi connectivity index (χ3v) is 4.07. The summed E-state index contributed by atoms with van der Waals surface area (Å²) in [6.07, 6.45) is 1.36. The molecule has 1 amide bonds. The predicted molar refractivity (Wildman–Crippen MR) is 91.3 cm³/mol. The molecule has 8 heteroatoms. The molecule has 1 aromatic rings. The lowest BCUT2D eigenvalue weighted by Gasteiger charge is -2.05. The summed E-state index contributed by atoms with van der Waals surface area (Å²) >= 11 is 12.8. The van der Waals surface area contributed by atoms with Crippen molar-refractivity contribution in [3.63, 3.8) is 0 Å². The second-order valence-corrected chi connectivity index (χ2v) is 6.55. The molecule has 0 aromatic carbocycles. The maximum absolute atomic E-state index is 11.9. The van der Waals surface area contributed by atoms with Crippen LogP contribution in [-0.4, -0.2) is 31.3 Å². The Morgan fingerprint density at radius 1 is 1.19 bits per heavy atom. The summed E-state index contributed by atoms with van der Waals surface area (Å²) in [4.78, 5) is 23.4. The summed E-state index contributed by atoms with van der Waals surface area (Å²) in [5, 5.41) is 5.94. The van der Waals surface area contributed by atoms with E-state index in [-0.39, 0.29) is 36.9 Å². The van der Waals surface area contributed by atoms with Crippen LogP contribution in [0.3, 0.4) is 0 Å². The van der Waals surface area contributed by atoms with Crippen molar-refractivity contribution in [2.75, 3.05) is 19.6 Å². The molecule has 0 aliphatic rings. The van der Waals surface area contributed by atoms with E-state index in [9.17, 15) is 9.59 Å². The molecule has 0 saturated heterocycles. The Morgan fingerprint density at radius 3 is 2.48 bits per heavy atom. The molecule has 120 valence electrons. The molecule has 2 N–H and O–H groups in total. The first-order chi connectivity index (χ1) is 9.54. The van der Waals surface area contributed by atoms with Crippen molar-refractivity contribution in [1.29, 1.82) is 0 Å². The van der Waals surface area contributed by atoms with E-state index in [4.69, 9.17) is 23.2 Å². The molecular weight excluding hydrogens is 355 g/mol. The number of thiophene rings is 1. The van der Waals surface area contributed by atoms with Crippen molar-refractivity contribution in [1.82, 2.24) is 10.6 Å². The molecule has 21 heavy (non-hydrogen) atoms. The molecule has 0 unspecified atom stereocenters. The van der Waals surface area contributed by atoms with Crippen LogP contribution in [0.2, 0.25) is 8.67 Å². The molecule has 0 aliphatic heterocycles. The minimum absolute atomic E-state index is 0. The van der Waals surface area contributed by atoms with Gasteiger partial charge in [0.05, 0.1) is 4.34 Å². The third kappa shape index (κ3) is 8.02. The van der Waals surface area contributed by atoms with Crippen LogP contribution >= 0.6 is 46.9 Å². The van der Waals surface area contributed by atoms with E-state index < -0.39 is 0 Å². The molecule has 1 rings (SSSR count). The fourth-order valence-electron chi connectivity index (χ4n) is 1.57. The fourth-order valence-corrected chi connectivity index (χ4v) is 3.07. The molecule has 0 spiro atoms. The summed E-state index contributed by atoms with van der Waals surface area (Å²) in [7, 11) is 0. The van der Waals surface area contributed by atoms with Gasteiger partial charge in [-0.05, 0) is 19.0 Å². The van der Waals surface area contributed by atoms with Gasteiger partial charge in [-0.25, -0.2) is 0 Å². The van der Waals surface area contributed by atoms with Gasteiger partial charge in [0, 0.05) is 31.5 Å². The Kier molecular flexibility index (Phi) is 11.1. The largest absolute Gasteiger partial charge is 0.355 e. The standard InChI is InChI=1S/C13H18Cl2N2O2S.ClH/c1-2-5-16-6-7-17-12(19)4-3-10(18)9-8-11(14)20-13(9)15;/h8,16H,2-7H2,1H3,(H,17,19);1H. The van der Waals surface area contributed by atoms with Crippen LogP contribution in [0.4, 0.5) is 0 Å². The molecule has 0 saturated carbocycles. The van der Waals surface area contributed by atoms with Crippen LogP contribution in [-0.2, 0) is 4.79 Å². The first kappa shape index (κ1) is 20.7. The minimum Gasteiger partial charge on any atom is -0.355 e. The van der Waals surface area contributed by atoms with Crippen molar-refractivity contribution in [2.45, 2.75) is 26.2 Å². The van der Waals surface area contributed by atoms with Crippen LogP contribution in [0.15, 0.2) is 6.07 Å². The maximum atomic E-state index is 11.9. The summed E-state index contributed by atoms with van der Waals surface area (Å²) in [6, 6.07) is 1.55. The monoisotopic (exact) mass is 372 g/mol. The Labute approximate surface area is 145 Å². The topological polar surface area (TPSA) is 58.2 Å². The van der Waals surface area contributed by atoms with Crippen molar-refractivity contribution < 1.29 is 9.59 Å². The van der Waals surface area contributed by atoms with Crippen LogP contribution in [0, 0.1) is 0 Å². The van der Waals surface area contributed by atoms with Crippen LogP contribution in [0.25, 0.3) is 0 Å². The number of ketones is 1. The van der Waals surface area contributed by atoms with Crippen LogP contribution in [0.1, 0.15) is 36.5 Å². The predicted octanol–water partition coefficient (Wildman–Crippen LogP) is 3.56. The number of Topliss-reactive ketones (excluding diaryl/α,β-unsaturated/α-hetero) is 1. The number of hydrogen-bond acceptors (Lipinski definition) is 4. The highest BCUT2D eigenvalue weighted by atomic mass is 35.5. The van der Waals surface area contributed by atoms with Gasteiger partial charge < -0.3 is 10.6 Å². The first-order valence-electron chi connectivity index (χ1n) is 6.50. The number of carbonyl (C=O) groups excluding carboxylic acids is 2. The highest BCUT2D eigenvalue weighted by Gasteiger charge is 2.15. The molecule has 1 aromatic heterocycles. The fraction of sp³-hybridized carbons (Fsp3) is 0.538. The molecule has 1 heterocycles. The normalized spacial score (nSPS) is 10.0. The molecule has 0 radical (unpaired) electrons. The molecule has 0 fully saturated rings. The van der Waals surface area contributed by atoms with Crippen molar-refractivity contribution in [3.05, 3.63) is 20.3 Å². The number of amides is 1. The van der Waals surface area contributed by atoms with Gasteiger partial charge >= 0.3 is 0 Å². The highest BCUT2D eigenvalue weighted by Crippen LogP contribution is 2.31. The van der Waals surface area contributed by atoms with E-state index in [1.807, 2.05) is 0 Å². The van der Waals surface area contributed by atoms with E-state index in [0.29, 0.717) is 20.8 Å². The van der Waals surface area contributed by atoms with E-state index >= 15 is 0 Å². The van der Waals surface area contributed by atoms with Crippen LogP contribution < -0.4 is 10.6 Å². The molecular formula is C13H19Cl3N2O2S. The first-order valence-corrected chi connectivity index (χ1v) is 8.07. The van der Waals surface area contributed by atoms with Gasteiger partial charge in [-0.2, -0.15) is 0 Å². The van der Waals surface area contributed by atoms with Gasteiger partial charge in [-0.3, -0.25) is 9.59 Å². The quantitative estimate of drug-likeness (QED) is 0.514. The lowest BCUT2D eigenvalue weighted by atomic mass is 10.1. The summed E-state index contributed by atoms with van der Waals surface area (Å²) in [5.41, 5.74) is 0.402. The maximum Gasteiger partial charge on any atom is 0.220 e. The number of carbonyl (C=O) groups is 2. The zero-order valence-electron chi connectivity index (χ0n) is 11.7. The van der Waals surface area contributed by atoms with E-state index in [1.54, 1.807) is 6.07 Å². The molecule has 4 nitrogen and oxygen atoms in total. The average molecular weight is 374 g/mol. The van der Waals surface area contributed by atoms with Crippen LogP contribution in [0.5, 0.6) is 0 Å². The third-order valence-electron chi connectivity index (χ3n) is 2.59. The van der Waals surface area contributed by atoms with Crippen molar-refractivity contribution in [3.8, 4) is 0 Å². The van der Waals surface area contributed by atoms with Gasteiger partial charge in [0.2, 0.25) is 5.91 Å². The van der Waals surface area contributed by atoms with E-state index in [1.165, 1.54) is 0 Å². The minimum atomic E-state index is -0.155. The molecule has 0 bridgehead atoms. The lowest BCUT2D eigenvalue weighted by Crippen LogP contribution is -2.32. The number of halogens is 3. The Balaban J connectivity index is 0.00000400. The van der Waals surface area contributed by atoms with E-state index in [2.05, 4.69) is 17.6 Å². The van der Waals surface area contributed by atoms with Gasteiger partial charge in [0.1, 0.15) is 4.34 Å². The Hall–Kier alpha value is -0.330. The zero-order valence-corrected chi connectivity index (χ0v) is 14.9. The second-order valence-electron chi connectivity index (χ2n) is 4.26. The van der Waals surface area contributed by atoms with Gasteiger partial charge in [-0.1, -0.05) is 30.1 Å². The summed E-state index contributed by atoms with van der Waals surface area (Å²) in [6.45, 7) is 4.32. The van der Waals surface area contributed by atoms with Crippen molar-refractivity contribution in [2.24, 2.45) is 0 Å². The van der Waals surface area contributed by atoms with Gasteiger partial charge in [0.15, 0.2) is 5.78 Å². The highest BCUT2D eigenvalue weighted by molar-refractivity contribution is 7.20. The smallest absolute Gasteiger partial charge is 0.220 e. The van der Waals surface area contributed by atoms with Gasteiger partial charge in [-0.15, -0.1) is 23.7 Å². The molecule has 0 atom stereocenters. The Morgan fingerprint density at radius 2 is 1.90 bits per heavy atom. The Bertz CT molecular complexity index is 466.